The summed E-state index contributed by atoms with van der Waals surface area (Å²) in [5, 5.41) is 2.78. The van der Waals surface area contributed by atoms with Gasteiger partial charge in [0.1, 0.15) is 6.04 Å². The zero-order valence-corrected chi connectivity index (χ0v) is 14.2. The number of fused-ring (bicyclic) bond motifs is 1. The second kappa shape index (κ2) is 6.39. The number of benzene rings is 2. The molecular formula is C19H18N2O4. The quantitative estimate of drug-likeness (QED) is 0.740. The zero-order chi connectivity index (χ0) is 18.1. The number of hydrogen-bond donors (Lipinski definition) is 1. The number of aromatic nitrogens is 1. The third kappa shape index (κ3) is 3.24. The molecule has 3 rings (SSSR count). The van der Waals surface area contributed by atoms with E-state index >= 15 is 0 Å². The van der Waals surface area contributed by atoms with E-state index in [0.29, 0.717) is 16.8 Å². The van der Waals surface area contributed by atoms with Crippen LogP contribution in [-0.2, 0) is 4.79 Å². The van der Waals surface area contributed by atoms with Gasteiger partial charge in [0.05, 0.1) is 5.52 Å². The molecule has 1 heterocycles. The van der Waals surface area contributed by atoms with Gasteiger partial charge in [-0.25, -0.2) is 4.79 Å². The number of Topliss-reactive ketones (excluding diaryl/α,β-unsaturated/α-hetero) is 1. The van der Waals surface area contributed by atoms with Crippen LogP contribution < -0.4 is 11.1 Å². The van der Waals surface area contributed by atoms with Crippen LogP contribution in [0.25, 0.3) is 11.1 Å². The maximum absolute atomic E-state index is 12.5. The molecule has 6 heteroatoms. The first-order chi connectivity index (χ1) is 11.9. The molecule has 0 fully saturated rings. The van der Waals surface area contributed by atoms with E-state index in [0.717, 1.165) is 5.56 Å². The summed E-state index contributed by atoms with van der Waals surface area (Å²) < 4.78 is 6.48. The molecule has 0 spiro atoms. The van der Waals surface area contributed by atoms with Crippen molar-refractivity contribution in [3.63, 3.8) is 0 Å². The fourth-order valence-corrected chi connectivity index (χ4v) is 2.62. The molecule has 0 bridgehead atoms. The van der Waals surface area contributed by atoms with Gasteiger partial charge in [-0.3, -0.25) is 14.2 Å². The SMILES string of the molecule is CC(=O)c1ccc2c(c1)oc(=O)n2C(C)C(=O)Nc1ccc(C)cc1. The molecule has 1 aromatic heterocycles. The van der Waals surface area contributed by atoms with Crippen LogP contribution in [0, 0.1) is 6.92 Å². The highest BCUT2D eigenvalue weighted by molar-refractivity contribution is 5.97. The van der Waals surface area contributed by atoms with Crippen LogP contribution in [0.2, 0.25) is 0 Å². The van der Waals surface area contributed by atoms with Crippen molar-refractivity contribution in [3.8, 4) is 0 Å². The van der Waals surface area contributed by atoms with E-state index < -0.39 is 11.8 Å². The lowest BCUT2D eigenvalue weighted by atomic mass is 10.1. The van der Waals surface area contributed by atoms with E-state index in [-0.39, 0.29) is 17.3 Å². The second-order valence-electron chi connectivity index (χ2n) is 6.01. The number of carbonyl (C=O) groups is 2. The Balaban J connectivity index is 1.93. The number of anilines is 1. The number of rotatable bonds is 4. The van der Waals surface area contributed by atoms with Crippen LogP contribution in [0.15, 0.2) is 51.7 Å². The molecule has 2 aromatic carbocycles. The molecule has 25 heavy (non-hydrogen) atoms. The summed E-state index contributed by atoms with van der Waals surface area (Å²) in [6.07, 6.45) is 0. The van der Waals surface area contributed by atoms with Gasteiger partial charge in [-0.05, 0) is 51.1 Å². The van der Waals surface area contributed by atoms with Crippen LogP contribution in [0.4, 0.5) is 5.69 Å². The van der Waals surface area contributed by atoms with Gasteiger partial charge in [-0.2, -0.15) is 0 Å². The van der Waals surface area contributed by atoms with E-state index in [1.54, 1.807) is 31.2 Å². The summed E-state index contributed by atoms with van der Waals surface area (Å²) in [5.74, 6) is -1.09. The number of carbonyl (C=O) groups excluding carboxylic acids is 2. The third-order valence-electron chi connectivity index (χ3n) is 4.11. The Morgan fingerprint density at radius 1 is 1.12 bits per heavy atom. The predicted molar refractivity (Wildman–Crippen MR) is 95.0 cm³/mol. The zero-order valence-electron chi connectivity index (χ0n) is 14.2. The lowest BCUT2D eigenvalue weighted by Gasteiger charge is -2.13. The summed E-state index contributed by atoms with van der Waals surface area (Å²) in [4.78, 5) is 36.2. The van der Waals surface area contributed by atoms with Crippen molar-refractivity contribution in [1.82, 2.24) is 4.57 Å². The minimum absolute atomic E-state index is 0.123. The monoisotopic (exact) mass is 338 g/mol. The van der Waals surface area contributed by atoms with Gasteiger partial charge >= 0.3 is 5.76 Å². The number of aryl methyl sites for hydroxylation is 1. The van der Waals surface area contributed by atoms with Crippen LogP contribution in [0.3, 0.4) is 0 Å². The lowest BCUT2D eigenvalue weighted by Crippen LogP contribution is -2.29. The molecular weight excluding hydrogens is 320 g/mol. The molecule has 1 amide bonds. The summed E-state index contributed by atoms with van der Waals surface area (Å²) in [7, 11) is 0. The van der Waals surface area contributed by atoms with Crippen LogP contribution >= 0.6 is 0 Å². The highest BCUT2D eigenvalue weighted by Crippen LogP contribution is 2.20. The standard InChI is InChI=1S/C19H18N2O4/c1-11-4-7-15(8-5-11)20-18(23)12(2)21-16-9-6-14(13(3)22)10-17(16)25-19(21)24/h4-10,12H,1-3H3,(H,20,23). The molecule has 1 atom stereocenters. The summed E-state index contributed by atoms with van der Waals surface area (Å²) >= 11 is 0. The average molecular weight is 338 g/mol. The Hall–Kier alpha value is -3.15. The first kappa shape index (κ1) is 16.7. The minimum atomic E-state index is -0.766. The molecule has 128 valence electrons. The van der Waals surface area contributed by atoms with Crippen molar-refractivity contribution in [2.24, 2.45) is 0 Å². The fraction of sp³-hybridized carbons (Fsp3) is 0.211. The van der Waals surface area contributed by atoms with Crippen molar-refractivity contribution in [2.75, 3.05) is 5.32 Å². The van der Waals surface area contributed by atoms with E-state index in [2.05, 4.69) is 5.32 Å². The summed E-state index contributed by atoms with van der Waals surface area (Å²) in [6.45, 7) is 5.02. The van der Waals surface area contributed by atoms with Gasteiger partial charge in [0.2, 0.25) is 5.91 Å². The van der Waals surface area contributed by atoms with Gasteiger partial charge in [0, 0.05) is 11.3 Å². The van der Waals surface area contributed by atoms with Gasteiger partial charge in [0.15, 0.2) is 11.4 Å². The number of ketones is 1. The Kier molecular flexibility index (Phi) is 4.27. The van der Waals surface area contributed by atoms with Gasteiger partial charge < -0.3 is 9.73 Å². The predicted octanol–water partition coefficient (Wildman–Crippen LogP) is 3.31. The third-order valence-corrected chi connectivity index (χ3v) is 4.11. The molecule has 0 aliphatic heterocycles. The molecule has 0 aliphatic rings. The van der Waals surface area contributed by atoms with E-state index in [9.17, 15) is 14.4 Å². The smallest absolute Gasteiger partial charge is 0.408 e. The first-order valence-corrected chi connectivity index (χ1v) is 7.90. The molecule has 1 N–H and O–H groups in total. The fourth-order valence-electron chi connectivity index (χ4n) is 2.62. The van der Waals surface area contributed by atoms with Crippen molar-refractivity contribution in [2.45, 2.75) is 26.8 Å². The van der Waals surface area contributed by atoms with Gasteiger partial charge in [-0.15, -0.1) is 0 Å². The number of nitrogens with one attached hydrogen (secondary N) is 1. The maximum atomic E-state index is 12.5. The summed E-state index contributed by atoms with van der Waals surface area (Å²) in [5.41, 5.74) is 2.95. The van der Waals surface area contributed by atoms with E-state index in [1.165, 1.54) is 17.6 Å². The second-order valence-corrected chi connectivity index (χ2v) is 6.01. The Bertz CT molecular complexity index is 1010. The van der Waals surface area contributed by atoms with E-state index in [1.807, 2.05) is 19.1 Å². The van der Waals surface area contributed by atoms with Gasteiger partial charge in [-0.1, -0.05) is 17.7 Å². The summed E-state index contributed by atoms with van der Waals surface area (Å²) in [6, 6.07) is 11.4. The van der Waals surface area contributed by atoms with Crippen molar-refractivity contribution < 1.29 is 14.0 Å². The van der Waals surface area contributed by atoms with E-state index in [4.69, 9.17) is 4.42 Å². The normalized spacial score (nSPS) is 12.1. The van der Waals surface area contributed by atoms with Crippen molar-refractivity contribution in [3.05, 3.63) is 64.1 Å². The molecule has 0 radical (unpaired) electrons. The Labute approximate surface area is 144 Å². The molecule has 0 saturated heterocycles. The molecule has 0 aliphatic carbocycles. The highest BCUT2D eigenvalue weighted by atomic mass is 16.4. The molecule has 6 nitrogen and oxygen atoms in total. The van der Waals surface area contributed by atoms with Crippen molar-refractivity contribution >= 4 is 28.5 Å². The largest absolute Gasteiger partial charge is 0.420 e. The first-order valence-electron chi connectivity index (χ1n) is 7.90. The van der Waals surface area contributed by atoms with Gasteiger partial charge in [0.25, 0.3) is 0 Å². The van der Waals surface area contributed by atoms with Crippen LogP contribution in [0.1, 0.15) is 35.8 Å². The average Bonchev–Trinajstić information content (AvgIpc) is 2.90. The van der Waals surface area contributed by atoms with Crippen LogP contribution in [-0.4, -0.2) is 16.3 Å². The number of hydrogen-bond acceptors (Lipinski definition) is 4. The van der Waals surface area contributed by atoms with Crippen LogP contribution in [0.5, 0.6) is 0 Å². The topological polar surface area (TPSA) is 81.3 Å². The highest BCUT2D eigenvalue weighted by Gasteiger charge is 2.22. The maximum Gasteiger partial charge on any atom is 0.420 e. The Morgan fingerprint density at radius 3 is 2.44 bits per heavy atom. The number of amides is 1. The lowest BCUT2D eigenvalue weighted by molar-refractivity contribution is -0.118. The Morgan fingerprint density at radius 2 is 1.80 bits per heavy atom. The minimum Gasteiger partial charge on any atom is -0.408 e. The molecule has 3 aromatic rings. The number of nitrogens with zero attached hydrogens (tertiary/aromatic N) is 1. The molecule has 1 unspecified atom stereocenters. The van der Waals surface area contributed by atoms with Crippen molar-refractivity contribution in [1.29, 1.82) is 0 Å². The number of oxazole rings is 1. The molecule has 0 saturated carbocycles.